The van der Waals surface area contributed by atoms with Crippen molar-refractivity contribution in [1.29, 1.82) is 0 Å². The van der Waals surface area contributed by atoms with Crippen LogP contribution in [0.4, 0.5) is 0 Å². The summed E-state index contributed by atoms with van der Waals surface area (Å²) < 4.78 is 32.2. The lowest BCUT2D eigenvalue weighted by molar-refractivity contribution is -0.138. The fourth-order valence-corrected chi connectivity index (χ4v) is 5.39. The van der Waals surface area contributed by atoms with Crippen molar-refractivity contribution in [3.05, 3.63) is 28.8 Å². The quantitative estimate of drug-likeness (QED) is 0.690. The summed E-state index contributed by atoms with van der Waals surface area (Å²) in [5.74, 6) is -0.982. The van der Waals surface area contributed by atoms with Gasteiger partial charge in [0.2, 0.25) is 10.0 Å². The lowest BCUT2D eigenvalue weighted by Crippen LogP contribution is -2.38. The van der Waals surface area contributed by atoms with Gasteiger partial charge in [-0.15, -0.1) is 0 Å². The summed E-state index contributed by atoms with van der Waals surface area (Å²) in [5.41, 5.74) is 0.0539. The van der Waals surface area contributed by atoms with Gasteiger partial charge in [0.25, 0.3) is 5.91 Å². The van der Waals surface area contributed by atoms with E-state index in [9.17, 15) is 18.0 Å². The smallest absolute Gasteiger partial charge is 0.338 e. The Bertz CT molecular complexity index is 830. The fraction of sp³-hybridized carbons (Fsp3) is 0.556. The number of rotatable bonds is 5. The Balaban J connectivity index is 1.76. The van der Waals surface area contributed by atoms with Crippen LogP contribution in [0.15, 0.2) is 23.1 Å². The number of benzene rings is 1. The van der Waals surface area contributed by atoms with Gasteiger partial charge >= 0.3 is 5.97 Å². The molecule has 9 heteroatoms. The monoisotopic (exact) mass is 414 g/mol. The van der Waals surface area contributed by atoms with Crippen molar-refractivity contribution in [3.8, 4) is 0 Å². The molecule has 0 spiro atoms. The third-order valence-electron chi connectivity index (χ3n) is 4.90. The van der Waals surface area contributed by atoms with Gasteiger partial charge < -0.3 is 9.64 Å². The predicted octanol–water partition coefficient (Wildman–Crippen LogP) is 2.29. The fourth-order valence-electron chi connectivity index (χ4n) is 3.37. The molecule has 0 radical (unpaired) electrons. The zero-order chi connectivity index (χ0) is 19.6. The van der Waals surface area contributed by atoms with Crippen molar-refractivity contribution in [2.75, 3.05) is 26.2 Å². The van der Waals surface area contributed by atoms with E-state index in [1.165, 1.54) is 29.4 Å². The van der Waals surface area contributed by atoms with E-state index in [0.29, 0.717) is 26.2 Å². The van der Waals surface area contributed by atoms with Gasteiger partial charge in [0, 0.05) is 26.2 Å². The van der Waals surface area contributed by atoms with E-state index in [2.05, 4.69) is 0 Å². The highest BCUT2D eigenvalue weighted by atomic mass is 35.5. The summed E-state index contributed by atoms with van der Waals surface area (Å²) >= 11 is 6.09. The molecular formula is C18H23ClN2O5S. The molecule has 27 heavy (non-hydrogen) atoms. The minimum atomic E-state index is -3.76. The van der Waals surface area contributed by atoms with Crippen LogP contribution in [0, 0.1) is 0 Å². The second kappa shape index (κ2) is 8.16. The first-order valence-electron chi connectivity index (χ1n) is 9.10. The molecule has 2 aliphatic heterocycles. The van der Waals surface area contributed by atoms with Crippen molar-refractivity contribution in [1.82, 2.24) is 9.21 Å². The predicted molar refractivity (Wildman–Crippen MR) is 100 cm³/mol. The van der Waals surface area contributed by atoms with Crippen molar-refractivity contribution in [2.45, 2.75) is 43.6 Å². The summed E-state index contributed by atoms with van der Waals surface area (Å²) in [6.45, 7) is 3.74. The Morgan fingerprint density at radius 3 is 2.30 bits per heavy atom. The minimum absolute atomic E-state index is 0.0539. The van der Waals surface area contributed by atoms with E-state index in [1.807, 2.05) is 0 Å². The number of ether oxygens (including phenoxy) is 1. The summed E-state index contributed by atoms with van der Waals surface area (Å²) in [7, 11) is -3.76. The Labute approximate surface area is 164 Å². The number of carbonyl (C=O) groups is 2. The molecule has 0 N–H and O–H groups in total. The summed E-state index contributed by atoms with van der Waals surface area (Å²) in [4.78, 5) is 26.3. The highest BCUT2D eigenvalue weighted by Gasteiger charge is 2.31. The van der Waals surface area contributed by atoms with Crippen LogP contribution < -0.4 is 0 Å². The average molecular weight is 415 g/mol. The molecule has 7 nitrogen and oxygen atoms in total. The second-order valence-corrected chi connectivity index (χ2v) is 9.15. The molecule has 1 amide bonds. The number of nitrogens with zero attached hydrogens (tertiary/aromatic N) is 2. The van der Waals surface area contributed by atoms with E-state index < -0.39 is 22.1 Å². The van der Waals surface area contributed by atoms with Crippen LogP contribution in [0.25, 0.3) is 0 Å². The molecule has 1 atom stereocenters. The Morgan fingerprint density at radius 1 is 1.07 bits per heavy atom. The molecule has 2 heterocycles. The third-order valence-corrected chi connectivity index (χ3v) is 7.28. The van der Waals surface area contributed by atoms with Gasteiger partial charge in [0.1, 0.15) is 4.90 Å². The van der Waals surface area contributed by atoms with Gasteiger partial charge in [-0.2, -0.15) is 4.31 Å². The van der Waals surface area contributed by atoms with Crippen LogP contribution in [-0.2, 0) is 19.6 Å². The van der Waals surface area contributed by atoms with Crippen LogP contribution in [0.5, 0.6) is 0 Å². The molecule has 2 saturated heterocycles. The van der Waals surface area contributed by atoms with Crippen LogP contribution >= 0.6 is 11.6 Å². The summed E-state index contributed by atoms with van der Waals surface area (Å²) in [6, 6.07) is 4.00. The highest BCUT2D eigenvalue weighted by Crippen LogP contribution is 2.28. The molecule has 0 unspecified atom stereocenters. The molecule has 0 bridgehead atoms. The lowest BCUT2D eigenvalue weighted by Gasteiger charge is -2.21. The minimum Gasteiger partial charge on any atom is -0.449 e. The second-order valence-electron chi connectivity index (χ2n) is 6.84. The van der Waals surface area contributed by atoms with Crippen molar-refractivity contribution in [3.63, 3.8) is 0 Å². The van der Waals surface area contributed by atoms with E-state index >= 15 is 0 Å². The number of hydrogen-bond donors (Lipinski definition) is 0. The van der Waals surface area contributed by atoms with Crippen molar-refractivity contribution in [2.24, 2.45) is 0 Å². The third kappa shape index (κ3) is 4.28. The standard InChI is InChI=1S/C18H23ClN2O5S/c1-13(17(22)20-8-2-3-9-20)26-18(23)14-6-7-15(19)16(12-14)27(24,25)21-10-4-5-11-21/h6-7,12-13H,2-5,8-11H2,1H3/t13-/m0/s1. The molecular weight excluding hydrogens is 392 g/mol. The number of carbonyl (C=O) groups excluding carboxylic acids is 2. The maximum atomic E-state index is 12.8. The number of sulfonamides is 1. The van der Waals surface area contributed by atoms with Gasteiger partial charge in [-0.1, -0.05) is 11.6 Å². The van der Waals surface area contributed by atoms with Gasteiger partial charge in [-0.05, 0) is 50.8 Å². The normalized spacial score (nSPS) is 19.3. The lowest BCUT2D eigenvalue weighted by atomic mass is 10.2. The van der Waals surface area contributed by atoms with E-state index in [-0.39, 0.29) is 21.4 Å². The van der Waals surface area contributed by atoms with Crippen LogP contribution in [0.2, 0.25) is 5.02 Å². The SMILES string of the molecule is C[C@H](OC(=O)c1ccc(Cl)c(S(=O)(=O)N2CCCC2)c1)C(=O)N1CCCC1. The zero-order valence-corrected chi connectivity index (χ0v) is 16.8. The average Bonchev–Trinajstić information content (AvgIpc) is 3.34. The Kier molecular flexibility index (Phi) is 6.08. The number of likely N-dealkylation sites (tertiary alicyclic amines) is 1. The van der Waals surface area contributed by atoms with Gasteiger partial charge in [0.05, 0.1) is 10.6 Å². The van der Waals surface area contributed by atoms with Gasteiger partial charge in [-0.3, -0.25) is 4.79 Å². The van der Waals surface area contributed by atoms with Crippen LogP contribution in [0.3, 0.4) is 0 Å². The molecule has 0 aromatic heterocycles. The highest BCUT2D eigenvalue weighted by molar-refractivity contribution is 7.89. The van der Waals surface area contributed by atoms with Gasteiger partial charge in [0.15, 0.2) is 6.10 Å². The number of amides is 1. The Morgan fingerprint density at radius 2 is 1.67 bits per heavy atom. The first-order valence-corrected chi connectivity index (χ1v) is 10.9. The van der Waals surface area contributed by atoms with Gasteiger partial charge in [-0.25, -0.2) is 13.2 Å². The first-order chi connectivity index (χ1) is 12.8. The summed E-state index contributed by atoms with van der Waals surface area (Å²) in [5, 5.41) is 0.0552. The molecule has 0 saturated carbocycles. The molecule has 2 aliphatic rings. The molecule has 1 aromatic carbocycles. The van der Waals surface area contributed by atoms with E-state index in [0.717, 1.165) is 25.7 Å². The summed E-state index contributed by atoms with van der Waals surface area (Å²) in [6.07, 6.45) is 2.57. The van der Waals surface area contributed by atoms with E-state index in [4.69, 9.17) is 16.3 Å². The van der Waals surface area contributed by atoms with Crippen molar-refractivity contribution < 1.29 is 22.7 Å². The number of halogens is 1. The molecule has 148 valence electrons. The maximum Gasteiger partial charge on any atom is 0.338 e. The number of hydrogen-bond acceptors (Lipinski definition) is 5. The Hall–Kier alpha value is -1.64. The molecule has 0 aliphatic carbocycles. The topological polar surface area (TPSA) is 84.0 Å². The van der Waals surface area contributed by atoms with Crippen LogP contribution in [0.1, 0.15) is 43.0 Å². The molecule has 2 fully saturated rings. The van der Waals surface area contributed by atoms with Crippen molar-refractivity contribution >= 4 is 33.5 Å². The largest absolute Gasteiger partial charge is 0.449 e. The molecule has 3 rings (SSSR count). The van der Waals surface area contributed by atoms with Crippen LogP contribution in [-0.4, -0.2) is 61.8 Å². The first kappa shape index (κ1) is 20.1. The molecule has 1 aromatic rings. The zero-order valence-electron chi connectivity index (χ0n) is 15.2. The van der Waals surface area contributed by atoms with E-state index in [1.54, 1.807) is 4.90 Å². The maximum absolute atomic E-state index is 12.8. The number of esters is 1.